The zero-order valence-electron chi connectivity index (χ0n) is 16.6. The average molecular weight is 409 g/mol. The molecule has 2 rings (SSSR count). The molecule has 1 aromatic heterocycles. The summed E-state index contributed by atoms with van der Waals surface area (Å²) in [5, 5.41) is 1.46. The number of rotatable bonds is 7. The molecule has 7 heteroatoms. The molecule has 0 unspecified atom stereocenters. The normalized spacial score (nSPS) is 13.4. The molecule has 2 aromatic rings. The van der Waals surface area contributed by atoms with Crippen molar-refractivity contribution in [2.24, 2.45) is 0 Å². The van der Waals surface area contributed by atoms with Crippen molar-refractivity contribution in [2.45, 2.75) is 51.0 Å². The van der Waals surface area contributed by atoms with Crippen LogP contribution in [0.15, 0.2) is 35.7 Å². The predicted octanol–water partition coefficient (Wildman–Crippen LogP) is 3.97. The number of aromatic nitrogens is 1. The van der Waals surface area contributed by atoms with Gasteiger partial charge >= 0.3 is 0 Å². The van der Waals surface area contributed by atoms with Gasteiger partial charge in [0, 0.05) is 23.9 Å². The molecule has 0 bridgehead atoms. The molecule has 148 valence electrons. The lowest BCUT2D eigenvalue weighted by Crippen LogP contribution is -2.38. The van der Waals surface area contributed by atoms with Crippen LogP contribution in [0.4, 0.5) is 0 Å². The fourth-order valence-electron chi connectivity index (χ4n) is 2.84. The Morgan fingerprint density at radius 2 is 1.74 bits per heavy atom. The molecule has 5 nitrogen and oxygen atoms in total. The summed E-state index contributed by atoms with van der Waals surface area (Å²) in [6, 6.07) is 8.73. The van der Waals surface area contributed by atoms with Crippen LogP contribution in [0, 0.1) is 0 Å². The predicted molar refractivity (Wildman–Crippen MR) is 111 cm³/mol. The minimum Gasteiger partial charge on any atom is -0.342 e. The van der Waals surface area contributed by atoms with E-state index in [1.54, 1.807) is 34.5 Å². The maximum absolute atomic E-state index is 13.3. The van der Waals surface area contributed by atoms with Gasteiger partial charge < -0.3 is 4.90 Å². The molecule has 1 atom stereocenters. The van der Waals surface area contributed by atoms with Crippen molar-refractivity contribution in [3.8, 4) is 0 Å². The van der Waals surface area contributed by atoms with Gasteiger partial charge in [0.05, 0.1) is 16.5 Å². The molecule has 0 saturated heterocycles. The molecule has 0 aliphatic carbocycles. The van der Waals surface area contributed by atoms with E-state index < -0.39 is 15.1 Å². The van der Waals surface area contributed by atoms with Gasteiger partial charge in [0.25, 0.3) is 0 Å². The number of likely N-dealkylation sites (N-methyl/N-ethyl adjacent to an activating group) is 1. The molecular formula is C20H28N2O3S2. The third-order valence-electron chi connectivity index (χ3n) is 4.30. The molecule has 1 aromatic carbocycles. The Morgan fingerprint density at radius 3 is 2.22 bits per heavy atom. The summed E-state index contributed by atoms with van der Waals surface area (Å²) in [6.45, 7) is 10.8. The lowest BCUT2D eigenvalue weighted by Gasteiger charge is -2.25. The number of carbonyl (C=O) groups is 1. The monoisotopic (exact) mass is 408 g/mol. The molecule has 0 saturated carbocycles. The van der Waals surface area contributed by atoms with E-state index in [0.29, 0.717) is 24.3 Å². The Bertz CT molecular complexity index is 864. The summed E-state index contributed by atoms with van der Waals surface area (Å²) in [5.74, 6) is -0.621. The highest BCUT2D eigenvalue weighted by Crippen LogP contribution is 2.30. The van der Waals surface area contributed by atoms with E-state index in [2.05, 4.69) is 4.98 Å². The number of benzene rings is 1. The van der Waals surface area contributed by atoms with Crippen molar-refractivity contribution in [2.75, 3.05) is 13.1 Å². The van der Waals surface area contributed by atoms with Crippen LogP contribution in [0.2, 0.25) is 0 Å². The number of sulfone groups is 1. The second-order valence-corrected chi connectivity index (χ2v) is 10.4. The van der Waals surface area contributed by atoms with E-state index >= 15 is 0 Å². The van der Waals surface area contributed by atoms with Crippen molar-refractivity contribution < 1.29 is 13.2 Å². The van der Waals surface area contributed by atoms with Gasteiger partial charge in [-0.15, -0.1) is 11.3 Å². The van der Waals surface area contributed by atoms with Crippen LogP contribution < -0.4 is 0 Å². The molecule has 1 amide bonds. The van der Waals surface area contributed by atoms with Gasteiger partial charge in [-0.2, -0.15) is 0 Å². The summed E-state index contributed by atoms with van der Waals surface area (Å²) in [6.07, 6.45) is 0. The summed E-state index contributed by atoms with van der Waals surface area (Å²) >= 11 is 1.46. The number of nitrogens with zero attached hydrogens (tertiary/aromatic N) is 2. The number of amides is 1. The first-order chi connectivity index (χ1) is 12.6. The van der Waals surface area contributed by atoms with E-state index in [4.69, 9.17) is 0 Å². The first kappa shape index (κ1) is 21.6. The zero-order chi connectivity index (χ0) is 20.2. The van der Waals surface area contributed by atoms with Crippen LogP contribution in [0.5, 0.6) is 0 Å². The van der Waals surface area contributed by atoms with Gasteiger partial charge in [0.1, 0.15) is 0 Å². The quantitative estimate of drug-likeness (QED) is 0.695. The number of hydrogen-bond acceptors (Lipinski definition) is 5. The first-order valence-corrected chi connectivity index (χ1v) is 11.7. The number of thiazole rings is 1. The molecule has 0 aliphatic rings. The Hall–Kier alpha value is -1.73. The molecule has 0 N–H and O–H groups in total. The second kappa shape index (κ2) is 8.52. The molecule has 0 spiro atoms. The van der Waals surface area contributed by atoms with Crippen LogP contribution in [0.3, 0.4) is 0 Å². The second-order valence-electron chi connectivity index (χ2n) is 7.50. The van der Waals surface area contributed by atoms with Gasteiger partial charge in [-0.25, -0.2) is 13.4 Å². The smallest absolute Gasteiger partial charge is 0.245 e. The summed E-state index contributed by atoms with van der Waals surface area (Å²) in [7, 11) is -3.77. The minimum atomic E-state index is -3.77. The third-order valence-corrected chi connectivity index (χ3v) is 7.51. The number of hydrogen-bond donors (Lipinski definition) is 0. The van der Waals surface area contributed by atoms with Crippen LogP contribution in [0.25, 0.3) is 0 Å². The minimum absolute atomic E-state index is 0.136. The number of carbonyl (C=O) groups excluding carboxylic acids is 1. The fraction of sp³-hybridized carbons (Fsp3) is 0.500. The highest BCUT2D eigenvalue weighted by atomic mass is 32.2. The van der Waals surface area contributed by atoms with Gasteiger partial charge in [0.15, 0.2) is 15.1 Å². The van der Waals surface area contributed by atoms with E-state index in [1.807, 2.05) is 40.7 Å². The van der Waals surface area contributed by atoms with Gasteiger partial charge in [0.2, 0.25) is 5.91 Å². The highest BCUT2D eigenvalue weighted by molar-refractivity contribution is 7.91. The third kappa shape index (κ3) is 5.17. The average Bonchev–Trinajstić information content (AvgIpc) is 3.05. The Balaban J connectivity index is 2.41. The molecule has 0 radical (unpaired) electrons. The van der Waals surface area contributed by atoms with E-state index in [9.17, 15) is 13.2 Å². The van der Waals surface area contributed by atoms with Gasteiger partial charge in [-0.05, 0) is 19.4 Å². The molecule has 1 heterocycles. The summed E-state index contributed by atoms with van der Waals surface area (Å²) in [4.78, 5) is 19.1. The molecular weight excluding hydrogens is 380 g/mol. The van der Waals surface area contributed by atoms with E-state index in [1.165, 1.54) is 11.3 Å². The van der Waals surface area contributed by atoms with Crippen LogP contribution in [-0.4, -0.2) is 37.3 Å². The largest absolute Gasteiger partial charge is 0.342 e. The molecule has 0 fully saturated rings. The van der Waals surface area contributed by atoms with E-state index in [-0.39, 0.29) is 17.1 Å². The summed E-state index contributed by atoms with van der Waals surface area (Å²) in [5.41, 5.74) is 0.863. The molecule has 0 aliphatic heterocycles. The Kier molecular flexibility index (Phi) is 6.81. The Morgan fingerprint density at radius 1 is 1.15 bits per heavy atom. The van der Waals surface area contributed by atoms with E-state index in [0.717, 1.165) is 5.01 Å². The summed E-state index contributed by atoms with van der Waals surface area (Å²) < 4.78 is 26.5. The lowest BCUT2D eigenvalue weighted by molar-refractivity contribution is -0.130. The SMILES string of the molecule is CCN(CC)C(=O)[C@@H](c1ccccc1)S(=O)(=O)Cc1csc(C(C)(C)C)n1. The van der Waals surface area contributed by atoms with Crippen molar-refractivity contribution in [3.05, 3.63) is 52.0 Å². The van der Waals surface area contributed by atoms with Gasteiger partial charge in [-0.3, -0.25) is 4.79 Å². The van der Waals surface area contributed by atoms with Crippen LogP contribution in [-0.2, 0) is 25.8 Å². The van der Waals surface area contributed by atoms with Crippen LogP contribution >= 0.6 is 11.3 Å². The highest BCUT2D eigenvalue weighted by Gasteiger charge is 2.37. The fourth-order valence-corrected chi connectivity index (χ4v) is 5.61. The Labute approximate surface area is 166 Å². The zero-order valence-corrected chi connectivity index (χ0v) is 18.2. The van der Waals surface area contributed by atoms with Crippen molar-refractivity contribution >= 4 is 27.1 Å². The molecule has 27 heavy (non-hydrogen) atoms. The van der Waals surface area contributed by atoms with Crippen molar-refractivity contribution in [1.29, 1.82) is 0 Å². The van der Waals surface area contributed by atoms with Crippen molar-refractivity contribution in [3.63, 3.8) is 0 Å². The van der Waals surface area contributed by atoms with Gasteiger partial charge in [-0.1, -0.05) is 51.1 Å². The standard InChI is InChI=1S/C20H28N2O3S2/c1-6-22(7-2)18(23)17(15-11-9-8-10-12-15)27(24,25)14-16-13-26-19(21-16)20(3,4)5/h8-13,17H,6-7,14H2,1-5H3/t17-/m1/s1. The van der Waals surface area contributed by atoms with Crippen LogP contribution in [0.1, 0.15) is 56.1 Å². The lowest BCUT2D eigenvalue weighted by atomic mass is 9.98. The first-order valence-electron chi connectivity index (χ1n) is 9.10. The van der Waals surface area contributed by atoms with Crippen molar-refractivity contribution in [1.82, 2.24) is 9.88 Å². The topological polar surface area (TPSA) is 67.3 Å². The maximum atomic E-state index is 13.3. The maximum Gasteiger partial charge on any atom is 0.245 e.